The van der Waals surface area contributed by atoms with Crippen molar-refractivity contribution in [2.45, 2.75) is 17.9 Å². The number of benzene rings is 2. The quantitative estimate of drug-likeness (QED) is 0.561. The number of carbonyl (C=O) groups excluding carboxylic acids is 2. The molecular weight excluding hydrogens is 381 g/mol. The summed E-state index contributed by atoms with van der Waals surface area (Å²) in [5.41, 5.74) is -0.0325. The van der Waals surface area contributed by atoms with Crippen molar-refractivity contribution in [2.75, 3.05) is 18.2 Å². The summed E-state index contributed by atoms with van der Waals surface area (Å²) in [7, 11) is 1.57. The third-order valence-corrected chi connectivity index (χ3v) is 4.50. The van der Waals surface area contributed by atoms with Crippen molar-refractivity contribution < 1.29 is 23.5 Å². The van der Waals surface area contributed by atoms with Gasteiger partial charge in [-0.1, -0.05) is 11.6 Å². The van der Waals surface area contributed by atoms with Gasteiger partial charge in [0, 0.05) is 9.92 Å². The highest BCUT2D eigenvalue weighted by Gasteiger charge is 2.19. The zero-order valence-corrected chi connectivity index (χ0v) is 15.7. The zero-order valence-electron chi connectivity index (χ0n) is 14.1. The maximum Gasteiger partial charge on any atom is 0.317 e. The van der Waals surface area contributed by atoms with Gasteiger partial charge in [0.1, 0.15) is 11.6 Å². The van der Waals surface area contributed by atoms with E-state index in [1.807, 2.05) is 12.1 Å². The number of hydrogen-bond acceptors (Lipinski definition) is 5. The molecule has 5 nitrogen and oxygen atoms in total. The molecule has 138 valence electrons. The lowest BCUT2D eigenvalue weighted by atomic mass is 10.3. The lowest BCUT2D eigenvalue weighted by Gasteiger charge is -2.14. The van der Waals surface area contributed by atoms with Crippen LogP contribution in [0.2, 0.25) is 5.02 Å². The van der Waals surface area contributed by atoms with Crippen LogP contribution < -0.4 is 10.1 Å². The summed E-state index contributed by atoms with van der Waals surface area (Å²) < 4.78 is 23.8. The monoisotopic (exact) mass is 397 g/mol. The maximum absolute atomic E-state index is 13.7. The molecule has 0 aliphatic heterocycles. The Morgan fingerprint density at radius 3 is 2.54 bits per heavy atom. The molecule has 8 heteroatoms. The van der Waals surface area contributed by atoms with Gasteiger partial charge in [-0.2, -0.15) is 0 Å². The van der Waals surface area contributed by atoms with Gasteiger partial charge in [0.25, 0.3) is 5.91 Å². The first-order valence-electron chi connectivity index (χ1n) is 7.61. The SMILES string of the molecule is COc1ccc(SCC(=O)O[C@@H](C)C(=O)Nc2ccc(Cl)cc2F)cc1. The highest BCUT2D eigenvalue weighted by molar-refractivity contribution is 8.00. The average molecular weight is 398 g/mol. The van der Waals surface area contributed by atoms with Crippen LogP contribution in [0.15, 0.2) is 47.4 Å². The largest absolute Gasteiger partial charge is 0.497 e. The molecule has 0 saturated heterocycles. The van der Waals surface area contributed by atoms with Gasteiger partial charge < -0.3 is 14.8 Å². The van der Waals surface area contributed by atoms with Crippen LogP contribution in [0.3, 0.4) is 0 Å². The van der Waals surface area contributed by atoms with Crippen molar-refractivity contribution in [3.05, 3.63) is 53.3 Å². The maximum atomic E-state index is 13.7. The number of carbonyl (C=O) groups is 2. The molecule has 26 heavy (non-hydrogen) atoms. The Balaban J connectivity index is 1.82. The molecule has 1 atom stereocenters. The van der Waals surface area contributed by atoms with Gasteiger partial charge in [-0.25, -0.2) is 4.39 Å². The predicted molar refractivity (Wildman–Crippen MR) is 99.3 cm³/mol. The summed E-state index contributed by atoms with van der Waals surface area (Å²) >= 11 is 6.93. The lowest BCUT2D eigenvalue weighted by molar-refractivity contribution is -0.150. The minimum Gasteiger partial charge on any atom is -0.497 e. The van der Waals surface area contributed by atoms with Crippen LogP contribution in [0.1, 0.15) is 6.92 Å². The van der Waals surface area contributed by atoms with E-state index in [-0.39, 0.29) is 16.5 Å². The first-order chi connectivity index (χ1) is 12.4. The van der Waals surface area contributed by atoms with Gasteiger partial charge >= 0.3 is 5.97 Å². The van der Waals surface area contributed by atoms with E-state index in [1.54, 1.807) is 19.2 Å². The molecule has 0 saturated carbocycles. The Morgan fingerprint density at radius 1 is 1.23 bits per heavy atom. The number of halogens is 2. The highest BCUT2D eigenvalue weighted by Crippen LogP contribution is 2.22. The van der Waals surface area contributed by atoms with Gasteiger partial charge in [-0.05, 0) is 49.4 Å². The summed E-state index contributed by atoms with van der Waals surface area (Å²) in [6.45, 7) is 1.42. The van der Waals surface area contributed by atoms with E-state index in [1.165, 1.54) is 30.8 Å². The Labute approximate surface area is 159 Å². The van der Waals surface area contributed by atoms with Gasteiger partial charge in [-0.15, -0.1) is 11.8 Å². The Bertz CT molecular complexity index is 785. The fraction of sp³-hybridized carbons (Fsp3) is 0.222. The summed E-state index contributed by atoms with van der Waals surface area (Å²) in [6, 6.07) is 11.1. The first kappa shape index (κ1) is 20.1. The molecular formula is C18H17ClFNO4S. The van der Waals surface area contributed by atoms with Crippen molar-refractivity contribution in [1.82, 2.24) is 0 Å². The number of esters is 1. The van der Waals surface area contributed by atoms with Crippen molar-refractivity contribution in [2.24, 2.45) is 0 Å². The number of ether oxygens (including phenoxy) is 2. The van der Waals surface area contributed by atoms with Crippen LogP contribution in [0, 0.1) is 5.82 Å². The fourth-order valence-electron chi connectivity index (χ4n) is 1.92. The topological polar surface area (TPSA) is 64.6 Å². The number of amides is 1. The zero-order chi connectivity index (χ0) is 19.1. The van der Waals surface area contributed by atoms with Crippen LogP contribution in [0.5, 0.6) is 5.75 Å². The van der Waals surface area contributed by atoms with E-state index in [0.717, 1.165) is 16.7 Å². The van der Waals surface area contributed by atoms with Crippen molar-refractivity contribution >= 4 is 40.9 Å². The Kier molecular flexibility index (Phi) is 7.29. The number of nitrogens with one attached hydrogen (secondary N) is 1. The van der Waals surface area contributed by atoms with Crippen molar-refractivity contribution in [3.8, 4) is 5.75 Å². The standard InChI is InChI=1S/C18H17ClFNO4S/c1-11(18(23)21-16-8-3-12(19)9-15(16)20)25-17(22)10-26-14-6-4-13(24-2)5-7-14/h3-9,11H,10H2,1-2H3,(H,21,23)/t11-/m0/s1. The number of methoxy groups -OCH3 is 1. The van der Waals surface area contributed by atoms with Gasteiger partial charge in [0.2, 0.25) is 0 Å². The molecule has 0 heterocycles. The molecule has 2 aromatic carbocycles. The second-order valence-electron chi connectivity index (χ2n) is 5.21. The normalized spacial score (nSPS) is 11.5. The number of hydrogen-bond donors (Lipinski definition) is 1. The molecule has 0 spiro atoms. The molecule has 0 fully saturated rings. The third kappa shape index (κ3) is 5.93. The van der Waals surface area contributed by atoms with Crippen LogP contribution in [0.4, 0.5) is 10.1 Å². The van der Waals surface area contributed by atoms with E-state index in [0.29, 0.717) is 0 Å². The van der Waals surface area contributed by atoms with Gasteiger partial charge in [-0.3, -0.25) is 9.59 Å². The predicted octanol–water partition coefficient (Wildman–Crippen LogP) is 4.15. The minimum atomic E-state index is -1.06. The molecule has 0 unspecified atom stereocenters. The van der Waals surface area contributed by atoms with Gasteiger partial charge in [0.15, 0.2) is 6.10 Å². The number of rotatable bonds is 7. The summed E-state index contributed by atoms with van der Waals surface area (Å²) in [5.74, 6) is -1.09. The van der Waals surface area contributed by atoms with Crippen molar-refractivity contribution in [3.63, 3.8) is 0 Å². The average Bonchev–Trinajstić information content (AvgIpc) is 2.62. The molecule has 0 aromatic heterocycles. The second-order valence-corrected chi connectivity index (χ2v) is 6.69. The van der Waals surface area contributed by atoms with E-state index in [9.17, 15) is 14.0 Å². The molecule has 1 amide bonds. The molecule has 2 aromatic rings. The summed E-state index contributed by atoms with van der Waals surface area (Å²) in [4.78, 5) is 24.8. The fourth-order valence-corrected chi connectivity index (χ4v) is 2.76. The van der Waals surface area contributed by atoms with Crippen molar-refractivity contribution in [1.29, 1.82) is 0 Å². The second kappa shape index (κ2) is 9.45. The number of thioether (sulfide) groups is 1. The molecule has 0 radical (unpaired) electrons. The molecule has 2 rings (SSSR count). The summed E-state index contributed by atoms with van der Waals surface area (Å²) in [6.07, 6.45) is -1.06. The highest BCUT2D eigenvalue weighted by atomic mass is 35.5. The minimum absolute atomic E-state index is 0.0325. The van der Waals surface area contributed by atoms with E-state index >= 15 is 0 Å². The van der Waals surface area contributed by atoms with Gasteiger partial charge in [0.05, 0.1) is 18.6 Å². The Hall–Kier alpha value is -2.25. The van der Waals surface area contributed by atoms with E-state index in [4.69, 9.17) is 21.1 Å². The van der Waals surface area contributed by atoms with E-state index in [2.05, 4.69) is 5.32 Å². The van der Waals surface area contributed by atoms with Crippen LogP contribution in [-0.4, -0.2) is 30.8 Å². The number of anilines is 1. The molecule has 0 aliphatic rings. The van der Waals surface area contributed by atoms with Crippen LogP contribution in [0.25, 0.3) is 0 Å². The summed E-state index contributed by atoms with van der Waals surface area (Å²) in [5, 5.41) is 2.58. The lowest BCUT2D eigenvalue weighted by Crippen LogP contribution is -2.30. The smallest absolute Gasteiger partial charge is 0.317 e. The van der Waals surface area contributed by atoms with Crippen LogP contribution >= 0.6 is 23.4 Å². The molecule has 0 bridgehead atoms. The Morgan fingerprint density at radius 2 is 1.92 bits per heavy atom. The van der Waals surface area contributed by atoms with E-state index < -0.39 is 23.8 Å². The third-order valence-electron chi connectivity index (χ3n) is 3.28. The van der Waals surface area contributed by atoms with Crippen LogP contribution in [-0.2, 0) is 14.3 Å². The molecule has 1 N–H and O–H groups in total. The first-order valence-corrected chi connectivity index (χ1v) is 8.97. The molecule has 0 aliphatic carbocycles.